The van der Waals surface area contributed by atoms with Crippen LogP contribution >= 0.6 is 0 Å². The van der Waals surface area contributed by atoms with Crippen LogP contribution in [-0.2, 0) is 12.8 Å². The van der Waals surface area contributed by atoms with E-state index in [2.05, 4.69) is 33.5 Å². The first-order chi connectivity index (χ1) is 12.1. The number of H-pyrrole nitrogens is 1. The second kappa shape index (κ2) is 6.47. The molecule has 0 spiro atoms. The van der Waals surface area contributed by atoms with E-state index < -0.39 is 0 Å². The van der Waals surface area contributed by atoms with Crippen LogP contribution in [0.15, 0.2) is 29.2 Å². The highest BCUT2D eigenvalue weighted by Gasteiger charge is 2.27. The average Bonchev–Trinajstić information content (AvgIpc) is 3.46. The van der Waals surface area contributed by atoms with Crippen LogP contribution in [0, 0.1) is 0 Å². The fourth-order valence-corrected chi connectivity index (χ4v) is 3.52. The van der Waals surface area contributed by atoms with E-state index in [4.69, 9.17) is 0 Å². The summed E-state index contributed by atoms with van der Waals surface area (Å²) in [6.07, 6.45) is 8.26. The molecule has 1 atom stereocenters. The summed E-state index contributed by atoms with van der Waals surface area (Å²) in [6.45, 7) is 1.95. The minimum Gasteiger partial charge on any atom is -0.345 e. The summed E-state index contributed by atoms with van der Waals surface area (Å²) in [5.74, 6) is 0.685. The number of fused-ring (bicyclic) bond motifs is 1. The largest absolute Gasteiger partial charge is 0.345 e. The topological polar surface area (TPSA) is 74.8 Å². The summed E-state index contributed by atoms with van der Waals surface area (Å²) >= 11 is 0. The number of aromatic amines is 1. The van der Waals surface area contributed by atoms with Gasteiger partial charge >= 0.3 is 0 Å². The third-order valence-corrected chi connectivity index (χ3v) is 5.25. The minimum absolute atomic E-state index is 0.0780. The molecule has 25 heavy (non-hydrogen) atoms. The van der Waals surface area contributed by atoms with Crippen LogP contribution in [0.25, 0.3) is 0 Å². The second-order valence-electron chi connectivity index (χ2n) is 7.22. The molecule has 2 aliphatic carbocycles. The Bertz CT molecular complexity index is 867. The summed E-state index contributed by atoms with van der Waals surface area (Å²) in [5.41, 5.74) is 3.61. The fraction of sp³-hybridized carbons (Fsp3) is 0.450. The van der Waals surface area contributed by atoms with Gasteiger partial charge in [-0.2, -0.15) is 0 Å². The van der Waals surface area contributed by atoms with Gasteiger partial charge in [0, 0.05) is 12.1 Å². The fourth-order valence-electron chi connectivity index (χ4n) is 3.52. The number of hydrogen-bond acceptors (Lipinski definition) is 3. The second-order valence-corrected chi connectivity index (χ2v) is 7.22. The number of rotatable bonds is 4. The van der Waals surface area contributed by atoms with Gasteiger partial charge in [-0.05, 0) is 62.1 Å². The summed E-state index contributed by atoms with van der Waals surface area (Å²) in [5, 5.41) is 2.93. The molecule has 130 valence electrons. The Hall–Kier alpha value is -2.43. The first-order valence-corrected chi connectivity index (χ1v) is 9.13. The molecule has 1 heterocycles. The van der Waals surface area contributed by atoms with E-state index in [9.17, 15) is 9.59 Å². The monoisotopic (exact) mass is 337 g/mol. The third-order valence-electron chi connectivity index (χ3n) is 5.25. The molecule has 2 aromatic rings. The van der Waals surface area contributed by atoms with Gasteiger partial charge in [0.2, 0.25) is 0 Å². The van der Waals surface area contributed by atoms with Gasteiger partial charge in [0.25, 0.3) is 11.5 Å². The number of amides is 1. The van der Waals surface area contributed by atoms with E-state index in [1.54, 1.807) is 0 Å². The van der Waals surface area contributed by atoms with E-state index in [0.717, 1.165) is 31.2 Å². The lowest BCUT2D eigenvalue weighted by molar-refractivity contribution is 0.0938. The van der Waals surface area contributed by atoms with Crippen LogP contribution in [0.1, 0.15) is 77.4 Å². The first-order valence-electron chi connectivity index (χ1n) is 9.13. The number of aryl methyl sites for hydroxylation is 2. The van der Waals surface area contributed by atoms with Gasteiger partial charge in [-0.15, -0.1) is 0 Å². The maximum absolute atomic E-state index is 12.5. The zero-order valence-corrected chi connectivity index (χ0v) is 14.5. The number of benzene rings is 1. The van der Waals surface area contributed by atoms with Crippen LogP contribution < -0.4 is 10.9 Å². The first kappa shape index (κ1) is 16.1. The molecule has 0 aliphatic heterocycles. The summed E-state index contributed by atoms with van der Waals surface area (Å²) in [6, 6.07) is 6.29. The Balaban J connectivity index is 1.49. The quantitative estimate of drug-likeness (QED) is 0.900. The van der Waals surface area contributed by atoms with Gasteiger partial charge in [0.05, 0.1) is 6.04 Å². The van der Waals surface area contributed by atoms with Gasteiger partial charge in [-0.25, -0.2) is 4.98 Å². The van der Waals surface area contributed by atoms with Crippen LogP contribution in [0.5, 0.6) is 0 Å². The molecule has 2 N–H and O–H groups in total. The highest BCUT2D eigenvalue weighted by Crippen LogP contribution is 2.37. The molecule has 2 aliphatic rings. The summed E-state index contributed by atoms with van der Waals surface area (Å²) in [7, 11) is 0. The number of nitrogens with one attached hydrogen (secondary N) is 2. The third kappa shape index (κ3) is 3.36. The number of hydrogen-bond donors (Lipinski definition) is 2. The van der Waals surface area contributed by atoms with Crippen molar-refractivity contribution >= 4 is 5.91 Å². The molecule has 1 aromatic heterocycles. The van der Waals surface area contributed by atoms with Crippen LogP contribution in [0.2, 0.25) is 0 Å². The lowest BCUT2D eigenvalue weighted by atomic mass is 9.89. The van der Waals surface area contributed by atoms with Crippen LogP contribution in [0.3, 0.4) is 0 Å². The predicted molar refractivity (Wildman–Crippen MR) is 95.8 cm³/mol. The van der Waals surface area contributed by atoms with Crippen molar-refractivity contribution < 1.29 is 4.79 Å². The van der Waals surface area contributed by atoms with E-state index in [1.165, 1.54) is 30.2 Å². The number of carbonyl (C=O) groups is 1. The minimum atomic E-state index is -0.374. The molecular weight excluding hydrogens is 314 g/mol. The molecule has 0 saturated heterocycles. The summed E-state index contributed by atoms with van der Waals surface area (Å²) < 4.78 is 0. The molecule has 0 unspecified atom stereocenters. The molecular formula is C20H23N3O2. The van der Waals surface area contributed by atoms with E-state index in [1.807, 2.05) is 6.92 Å². The number of carbonyl (C=O) groups excluding carboxylic acids is 1. The average molecular weight is 337 g/mol. The van der Waals surface area contributed by atoms with Crippen molar-refractivity contribution in [1.29, 1.82) is 0 Å². The lowest BCUT2D eigenvalue weighted by Gasteiger charge is -2.20. The van der Waals surface area contributed by atoms with Gasteiger partial charge in [-0.3, -0.25) is 9.59 Å². The number of aromatic nitrogens is 2. The Morgan fingerprint density at radius 2 is 2.00 bits per heavy atom. The molecule has 0 bridgehead atoms. The Morgan fingerprint density at radius 1 is 1.24 bits per heavy atom. The molecule has 1 fully saturated rings. The predicted octanol–water partition coefficient (Wildman–Crippen LogP) is 3.02. The van der Waals surface area contributed by atoms with E-state index in [-0.39, 0.29) is 23.1 Å². The van der Waals surface area contributed by atoms with Crippen LogP contribution in [0.4, 0.5) is 0 Å². The van der Waals surface area contributed by atoms with Crippen molar-refractivity contribution in [3.8, 4) is 0 Å². The van der Waals surface area contributed by atoms with Gasteiger partial charge in [0.15, 0.2) is 0 Å². The van der Waals surface area contributed by atoms with Crippen molar-refractivity contribution in [2.75, 3.05) is 0 Å². The smallest absolute Gasteiger partial charge is 0.263 e. The highest BCUT2D eigenvalue weighted by molar-refractivity contribution is 5.93. The van der Waals surface area contributed by atoms with Crippen molar-refractivity contribution in [3.63, 3.8) is 0 Å². The van der Waals surface area contributed by atoms with E-state index >= 15 is 0 Å². The van der Waals surface area contributed by atoms with Crippen molar-refractivity contribution in [1.82, 2.24) is 15.3 Å². The van der Waals surface area contributed by atoms with Gasteiger partial charge in [-0.1, -0.05) is 18.2 Å². The molecule has 0 radical (unpaired) electrons. The van der Waals surface area contributed by atoms with Gasteiger partial charge in [0.1, 0.15) is 11.4 Å². The SMILES string of the molecule is C[C@@H](NC(=O)c1cnc(C2CC2)[nH]c1=O)c1ccc2c(c1)CCCC2. The van der Waals surface area contributed by atoms with Gasteiger partial charge < -0.3 is 10.3 Å². The zero-order valence-electron chi connectivity index (χ0n) is 14.5. The lowest BCUT2D eigenvalue weighted by Crippen LogP contribution is -2.32. The van der Waals surface area contributed by atoms with Crippen LogP contribution in [-0.4, -0.2) is 15.9 Å². The molecule has 1 saturated carbocycles. The van der Waals surface area contributed by atoms with Crippen molar-refractivity contribution in [2.45, 2.75) is 57.4 Å². The Morgan fingerprint density at radius 3 is 2.72 bits per heavy atom. The van der Waals surface area contributed by atoms with E-state index in [0.29, 0.717) is 11.7 Å². The van der Waals surface area contributed by atoms with Crippen molar-refractivity contribution in [3.05, 3.63) is 62.8 Å². The standard InChI is InChI=1S/C20H23N3O2/c1-12(15-9-6-13-4-2-3-5-16(13)10-15)22-19(24)17-11-21-18(14-7-8-14)23-20(17)25/h6,9-12,14H,2-5,7-8H2,1H3,(H,22,24)(H,21,23,25)/t12-/m1/s1. The molecule has 1 aromatic carbocycles. The highest BCUT2D eigenvalue weighted by atomic mass is 16.2. The number of nitrogens with zero attached hydrogens (tertiary/aromatic N) is 1. The molecule has 5 heteroatoms. The normalized spacial score (nSPS) is 17.6. The molecule has 4 rings (SSSR count). The molecule has 1 amide bonds. The summed E-state index contributed by atoms with van der Waals surface area (Å²) in [4.78, 5) is 31.6. The Kier molecular flexibility index (Phi) is 4.15. The molecule has 5 nitrogen and oxygen atoms in total. The maximum atomic E-state index is 12.5. The Labute approximate surface area is 146 Å². The maximum Gasteiger partial charge on any atom is 0.263 e. The zero-order chi connectivity index (χ0) is 17.4. The van der Waals surface area contributed by atoms with Crippen molar-refractivity contribution in [2.24, 2.45) is 0 Å².